The molecular weight excluding hydrogens is 296 g/mol. The van der Waals surface area contributed by atoms with Gasteiger partial charge in [-0.1, -0.05) is 17.7 Å². The third-order valence-corrected chi connectivity index (χ3v) is 3.89. The molecular formula is C16H12ClF2NO. The molecule has 0 saturated heterocycles. The molecule has 1 amide bonds. The molecule has 2 nitrogen and oxygen atoms in total. The highest BCUT2D eigenvalue weighted by atomic mass is 35.5. The van der Waals surface area contributed by atoms with Crippen molar-refractivity contribution in [1.82, 2.24) is 0 Å². The number of carbonyl (C=O) groups is 1. The Labute approximate surface area is 125 Å². The van der Waals surface area contributed by atoms with E-state index in [1.165, 1.54) is 29.2 Å². The Balaban J connectivity index is 2.02. The number of carbonyl (C=O) groups excluding carboxylic acids is 1. The zero-order chi connectivity index (χ0) is 15.0. The average molecular weight is 308 g/mol. The summed E-state index contributed by atoms with van der Waals surface area (Å²) in [5.41, 5.74) is 1.70. The lowest BCUT2D eigenvalue weighted by Gasteiger charge is -2.29. The van der Waals surface area contributed by atoms with E-state index in [0.29, 0.717) is 12.2 Å². The maximum absolute atomic E-state index is 13.5. The van der Waals surface area contributed by atoms with Gasteiger partial charge in [-0.25, -0.2) is 8.78 Å². The Morgan fingerprint density at radius 2 is 1.81 bits per heavy atom. The second-order valence-electron chi connectivity index (χ2n) is 4.96. The molecule has 0 unspecified atom stereocenters. The maximum Gasteiger partial charge on any atom is 0.259 e. The lowest BCUT2D eigenvalue weighted by Crippen LogP contribution is -2.35. The minimum Gasteiger partial charge on any atom is -0.308 e. The number of anilines is 1. The Morgan fingerprint density at radius 1 is 1.10 bits per heavy atom. The van der Waals surface area contributed by atoms with E-state index >= 15 is 0 Å². The van der Waals surface area contributed by atoms with Crippen LogP contribution in [-0.2, 0) is 6.42 Å². The Bertz CT molecular complexity index is 717. The Hall–Kier alpha value is -1.94. The lowest BCUT2D eigenvalue weighted by atomic mass is 10.0. The summed E-state index contributed by atoms with van der Waals surface area (Å²) in [6.45, 7) is 0.489. The highest BCUT2D eigenvalue weighted by Crippen LogP contribution is 2.30. The third-order valence-electron chi connectivity index (χ3n) is 3.57. The molecule has 1 aliphatic rings. The first-order valence-electron chi connectivity index (χ1n) is 6.61. The van der Waals surface area contributed by atoms with Gasteiger partial charge in [0.25, 0.3) is 5.91 Å². The number of amides is 1. The maximum atomic E-state index is 13.5. The van der Waals surface area contributed by atoms with Crippen LogP contribution >= 0.6 is 11.6 Å². The molecule has 0 fully saturated rings. The molecule has 0 radical (unpaired) electrons. The molecule has 1 heterocycles. The van der Waals surface area contributed by atoms with Crippen LogP contribution < -0.4 is 4.90 Å². The fourth-order valence-corrected chi connectivity index (χ4v) is 2.82. The van der Waals surface area contributed by atoms with Crippen LogP contribution in [0.5, 0.6) is 0 Å². The van der Waals surface area contributed by atoms with Crippen LogP contribution in [0.25, 0.3) is 0 Å². The summed E-state index contributed by atoms with van der Waals surface area (Å²) >= 11 is 5.94. The van der Waals surface area contributed by atoms with Crippen molar-refractivity contribution in [2.45, 2.75) is 12.8 Å². The fraction of sp³-hybridized carbons (Fsp3) is 0.188. The first kappa shape index (κ1) is 14.0. The summed E-state index contributed by atoms with van der Waals surface area (Å²) in [6.07, 6.45) is 1.60. The molecule has 5 heteroatoms. The van der Waals surface area contributed by atoms with E-state index < -0.39 is 11.6 Å². The SMILES string of the molecule is O=C(c1ccc(F)cc1Cl)N1CCCc2ccc(F)cc21. The number of rotatable bonds is 1. The van der Waals surface area contributed by atoms with Gasteiger partial charge < -0.3 is 4.90 Å². The third kappa shape index (κ3) is 2.63. The minimum absolute atomic E-state index is 0.0588. The second-order valence-corrected chi connectivity index (χ2v) is 5.36. The Kier molecular flexibility index (Phi) is 3.64. The molecule has 0 spiro atoms. The molecule has 0 aliphatic carbocycles. The summed E-state index contributed by atoms with van der Waals surface area (Å²) < 4.78 is 26.5. The van der Waals surface area contributed by atoms with Gasteiger partial charge in [0.2, 0.25) is 0 Å². The van der Waals surface area contributed by atoms with E-state index in [-0.39, 0.29) is 16.5 Å². The number of aryl methyl sites for hydroxylation is 1. The second kappa shape index (κ2) is 5.45. The normalized spacial score (nSPS) is 14.0. The van der Waals surface area contributed by atoms with Crippen LogP contribution in [0.15, 0.2) is 36.4 Å². The predicted molar refractivity (Wildman–Crippen MR) is 77.8 cm³/mol. The van der Waals surface area contributed by atoms with E-state index in [4.69, 9.17) is 11.6 Å². The molecule has 0 bridgehead atoms. The van der Waals surface area contributed by atoms with Crippen LogP contribution in [0.1, 0.15) is 22.3 Å². The van der Waals surface area contributed by atoms with Crippen LogP contribution in [0.3, 0.4) is 0 Å². The summed E-state index contributed by atoms with van der Waals surface area (Å²) in [5, 5.41) is 0.0588. The van der Waals surface area contributed by atoms with Crippen molar-refractivity contribution in [2.75, 3.05) is 11.4 Å². The lowest BCUT2D eigenvalue weighted by molar-refractivity contribution is 0.0985. The number of nitrogens with zero attached hydrogens (tertiary/aromatic N) is 1. The average Bonchev–Trinajstić information content (AvgIpc) is 2.46. The van der Waals surface area contributed by atoms with Crippen molar-refractivity contribution in [2.24, 2.45) is 0 Å². The monoisotopic (exact) mass is 307 g/mol. The number of hydrogen-bond donors (Lipinski definition) is 0. The molecule has 0 N–H and O–H groups in total. The van der Waals surface area contributed by atoms with Crippen molar-refractivity contribution in [1.29, 1.82) is 0 Å². The van der Waals surface area contributed by atoms with Gasteiger partial charge in [-0.05, 0) is 48.7 Å². The molecule has 2 aromatic rings. The molecule has 0 aromatic heterocycles. The summed E-state index contributed by atoms with van der Waals surface area (Å²) in [7, 11) is 0. The standard InChI is InChI=1S/C16H12ClF2NO/c17-14-8-11(18)5-6-13(14)16(21)20-7-1-2-10-3-4-12(19)9-15(10)20/h3-6,8-9H,1-2,7H2. The van der Waals surface area contributed by atoms with Gasteiger partial charge in [0.05, 0.1) is 16.3 Å². The number of halogens is 3. The smallest absolute Gasteiger partial charge is 0.259 e. The summed E-state index contributed by atoms with van der Waals surface area (Å²) in [5.74, 6) is -1.23. The van der Waals surface area contributed by atoms with Gasteiger partial charge in [-0.3, -0.25) is 4.79 Å². The zero-order valence-corrected chi connectivity index (χ0v) is 11.8. The van der Waals surface area contributed by atoms with Gasteiger partial charge in [0.1, 0.15) is 11.6 Å². The largest absolute Gasteiger partial charge is 0.308 e. The predicted octanol–water partition coefficient (Wildman–Crippen LogP) is 4.21. The van der Waals surface area contributed by atoms with Crippen molar-refractivity contribution in [3.63, 3.8) is 0 Å². The highest BCUT2D eigenvalue weighted by molar-refractivity contribution is 6.34. The summed E-state index contributed by atoms with van der Waals surface area (Å²) in [4.78, 5) is 14.1. The van der Waals surface area contributed by atoms with Gasteiger partial charge >= 0.3 is 0 Å². The van der Waals surface area contributed by atoms with Gasteiger partial charge in [0.15, 0.2) is 0 Å². The van der Waals surface area contributed by atoms with E-state index in [1.807, 2.05) is 0 Å². The van der Waals surface area contributed by atoms with Crippen LogP contribution in [0.2, 0.25) is 5.02 Å². The first-order chi connectivity index (χ1) is 10.1. The van der Waals surface area contributed by atoms with Crippen LogP contribution in [0.4, 0.5) is 14.5 Å². The number of fused-ring (bicyclic) bond motifs is 1. The van der Waals surface area contributed by atoms with E-state index in [1.54, 1.807) is 6.07 Å². The molecule has 3 rings (SSSR count). The minimum atomic E-state index is -0.498. The fourth-order valence-electron chi connectivity index (χ4n) is 2.57. The topological polar surface area (TPSA) is 20.3 Å². The van der Waals surface area contributed by atoms with Crippen molar-refractivity contribution in [3.05, 3.63) is 64.2 Å². The molecule has 21 heavy (non-hydrogen) atoms. The van der Waals surface area contributed by atoms with Gasteiger partial charge in [0, 0.05) is 6.54 Å². The van der Waals surface area contributed by atoms with Crippen LogP contribution in [0, 0.1) is 11.6 Å². The van der Waals surface area contributed by atoms with Gasteiger partial charge in [-0.2, -0.15) is 0 Å². The van der Waals surface area contributed by atoms with Crippen LogP contribution in [-0.4, -0.2) is 12.5 Å². The Morgan fingerprint density at radius 3 is 2.57 bits per heavy atom. The zero-order valence-electron chi connectivity index (χ0n) is 11.1. The molecule has 2 aromatic carbocycles. The van der Waals surface area contributed by atoms with E-state index in [2.05, 4.69) is 0 Å². The highest BCUT2D eigenvalue weighted by Gasteiger charge is 2.25. The quantitative estimate of drug-likeness (QED) is 0.773. The molecule has 0 saturated carbocycles. The van der Waals surface area contributed by atoms with Gasteiger partial charge in [-0.15, -0.1) is 0 Å². The number of hydrogen-bond acceptors (Lipinski definition) is 1. The van der Waals surface area contributed by atoms with Crippen molar-refractivity contribution < 1.29 is 13.6 Å². The van der Waals surface area contributed by atoms with Crippen molar-refractivity contribution in [3.8, 4) is 0 Å². The van der Waals surface area contributed by atoms with Crippen molar-refractivity contribution >= 4 is 23.2 Å². The number of benzene rings is 2. The molecule has 1 aliphatic heterocycles. The molecule has 0 atom stereocenters. The van der Waals surface area contributed by atoms with E-state index in [9.17, 15) is 13.6 Å². The van der Waals surface area contributed by atoms with E-state index in [0.717, 1.165) is 24.5 Å². The summed E-state index contributed by atoms with van der Waals surface area (Å²) in [6, 6.07) is 8.08. The molecule has 108 valence electrons. The first-order valence-corrected chi connectivity index (χ1v) is 6.99.